The molecule has 0 aromatic heterocycles. The zero-order chi connectivity index (χ0) is 28.4. The number of ether oxygens (including phenoxy) is 5. The zero-order valence-electron chi connectivity index (χ0n) is 23.5. The molecule has 9 nitrogen and oxygen atoms in total. The molecule has 1 saturated carbocycles. The molecule has 1 heterocycles. The molecule has 2 aliphatic carbocycles. The number of rotatable bonds is 9. The van der Waals surface area contributed by atoms with E-state index in [1.807, 2.05) is 20.8 Å². The van der Waals surface area contributed by atoms with Crippen LogP contribution in [0.3, 0.4) is 0 Å². The molecule has 1 N–H and O–H groups in total. The summed E-state index contributed by atoms with van der Waals surface area (Å²) < 4.78 is 29.0. The summed E-state index contributed by atoms with van der Waals surface area (Å²) in [6.45, 7) is 14.3. The summed E-state index contributed by atoms with van der Waals surface area (Å²) in [6.07, 6.45) is 2.34. The zero-order valence-corrected chi connectivity index (χ0v) is 23.5. The molecule has 1 unspecified atom stereocenters. The number of aliphatic hydroxyl groups is 1. The van der Waals surface area contributed by atoms with Gasteiger partial charge in [-0.3, -0.25) is 19.1 Å². The van der Waals surface area contributed by atoms with Crippen LogP contribution >= 0.6 is 0 Å². The second-order valence-electron chi connectivity index (χ2n) is 10.9. The molecule has 0 aromatic carbocycles. The molecule has 9 atom stereocenters. The van der Waals surface area contributed by atoms with Crippen molar-refractivity contribution in [2.45, 2.75) is 98.1 Å². The molecule has 1 spiro atoms. The van der Waals surface area contributed by atoms with Gasteiger partial charge in [0.2, 0.25) is 12.6 Å². The molecule has 212 valence electrons. The van der Waals surface area contributed by atoms with E-state index in [1.54, 1.807) is 19.3 Å². The van der Waals surface area contributed by atoms with Gasteiger partial charge >= 0.3 is 17.9 Å². The quantitative estimate of drug-likeness (QED) is 0.203. The van der Waals surface area contributed by atoms with Crippen molar-refractivity contribution in [1.82, 2.24) is 0 Å². The monoisotopic (exact) mass is 534 g/mol. The molecular formula is C29H42O9. The molecule has 0 amide bonds. The number of carbonyl (C=O) groups is 3. The van der Waals surface area contributed by atoms with E-state index in [2.05, 4.69) is 19.6 Å². The average molecular weight is 535 g/mol. The first-order valence-corrected chi connectivity index (χ1v) is 13.3. The minimum atomic E-state index is -1.35. The molecule has 38 heavy (non-hydrogen) atoms. The van der Waals surface area contributed by atoms with Crippen LogP contribution in [0, 0.1) is 22.7 Å². The van der Waals surface area contributed by atoms with Gasteiger partial charge in [-0.1, -0.05) is 45.1 Å². The number of esters is 3. The fourth-order valence-corrected chi connectivity index (χ4v) is 6.55. The van der Waals surface area contributed by atoms with Crippen LogP contribution < -0.4 is 0 Å². The third-order valence-electron chi connectivity index (χ3n) is 8.69. The van der Waals surface area contributed by atoms with E-state index in [4.69, 9.17) is 23.7 Å². The molecule has 1 aliphatic heterocycles. The van der Waals surface area contributed by atoms with Gasteiger partial charge in [-0.2, -0.15) is 0 Å². The molecule has 9 heteroatoms. The van der Waals surface area contributed by atoms with E-state index in [0.717, 1.165) is 5.57 Å². The lowest BCUT2D eigenvalue weighted by atomic mass is 9.44. The van der Waals surface area contributed by atoms with Gasteiger partial charge in [-0.15, -0.1) is 0 Å². The summed E-state index contributed by atoms with van der Waals surface area (Å²) in [5, 5.41) is 12.2. The first-order chi connectivity index (χ1) is 17.9. The number of aliphatic hydroxyl groups excluding tert-OH is 1. The second kappa shape index (κ2) is 11.7. The smallest absolute Gasteiger partial charge is 0.306 e. The Bertz CT molecular complexity index is 1000. The van der Waals surface area contributed by atoms with E-state index in [1.165, 1.54) is 13.8 Å². The molecule has 0 radical (unpaired) electrons. The van der Waals surface area contributed by atoms with Crippen LogP contribution in [0.15, 0.2) is 36.0 Å². The van der Waals surface area contributed by atoms with E-state index < -0.39 is 53.5 Å². The highest BCUT2D eigenvalue weighted by Crippen LogP contribution is 2.67. The Hall–Kier alpha value is -2.49. The van der Waals surface area contributed by atoms with Crippen LogP contribution in [0.2, 0.25) is 0 Å². The maximum absolute atomic E-state index is 12.8. The van der Waals surface area contributed by atoms with E-state index in [-0.39, 0.29) is 24.4 Å². The van der Waals surface area contributed by atoms with Crippen molar-refractivity contribution in [3.8, 4) is 0 Å². The van der Waals surface area contributed by atoms with Gasteiger partial charge in [0.05, 0.1) is 11.5 Å². The average Bonchev–Trinajstić information content (AvgIpc) is 3.15. The predicted octanol–water partition coefficient (Wildman–Crippen LogP) is 3.99. The topological polar surface area (TPSA) is 118 Å². The number of carbonyl (C=O) groups excluding carboxylic acids is 3. The third-order valence-corrected chi connectivity index (χ3v) is 8.69. The second-order valence-corrected chi connectivity index (χ2v) is 10.9. The van der Waals surface area contributed by atoms with Crippen molar-refractivity contribution in [3.63, 3.8) is 0 Å². The number of hydrogen-bond acceptors (Lipinski definition) is 9. The predicted molar refractivity (Wildman–Crippen MR) is 138 cm³/mol. The van der Waals surface area contributed by atoms with Crippen molar-refractivity contribution in [2.75, 3.05) is 7.11 Å². The van der Waals surface area contributed by atoms with Gasteiger partial charge in [0, 0.05) is 38.9 Å². The maximum Gasteiger partial charge on any atom is 0.306 e. The molecular weight excluding hydrogens is 492 g/mol. The number of allylic oxidation sites excluding steroid dienone is 3. The van der Waals surface area contributed by atoms with Gasteiger partial charge in [-0.05, 0) is 43.6 Å². The SMILES string of the molecule is C=C/C(C)=C\C[C@@]1(C)[C@@H](C)[C@H](OC(=O)CCC)[C@@H](O)C23C(=C[C@H](OC)C[C@@H]21)[C@@H](OC(C)=O)O[C@@H]3OC(C)=O. The maximum atomic E-state index is 12.8. The lowest BCUT2D eigenvalue weighted by molar-refractivity contribution is -0.276. The summed E-state index contributed by atoms with van der Waals surface area (Å²) >= 11 is 0. The van der Waals surface area contributed by atoms with E-state index in [9.17, 15) is 19.5 Å². The normalized spacial score (nSPS) is 38.4. The van der Waals surface area contributed by atoms with Gasteiger partial charge < -0.3 is 24.1 Å². The summed E-state index contributed by atoms with van der Waals surface area (Å²) in [4.78, 5) is 37.1. The van der Waals surface area contributed by atoms with Crippen molar-refractivity contribution >= 4 is 17.9 Å². The number of methoxy groups -OCH3 is 1. The largest absolute Gasteiger partial charge is 0.459 e. The van der Waals surface area contributed by atoms with Crippen LogP contribution in [-0.2, 0) is 38.1 Å². The summed E-state index contributed by atoms with van der Waals surface area (Å²) in [6, 6.07) is 0. The highest BCUT2D eigenvalue weighted by Gasteiger charge is 2.74. The molecule has 0 aromatic rings. The van der Waals surface area contributed by atoms with Crippen molar-refractivity contribution in [1.29, 1.82) is 0 Å². The van der Waals surface area contributed by atoms with Crippen molar-refractivity contribution in [2.24, 2.45) is 22.7 Å². The van der Waals surface area contributed by atoms with E-state index in [0.29, 0.717) is 24.8 Å². The molecule has 3 aliphatic rings. The van der Waals surface area contributed by atoms with Crippen molar-refractivity contribution in [3.05, 3.63) is 36.0 Å². The van der Waals surface area contributed by atoms with Crippen LogP contribution in [0.1, 0.15) is 67.2 Å². The van der Waals surface area contributed by atoms with Crippen LogP contribution in [0.25, 0.3) is 0 Å². The van der Waals surface area contributed by atoms with Gasteiger partial charge in [0.1, 0.15) is 12.2 Å². The standard InChI is InChI=1S/C29H42O9/c1-9-11-23(32)37-24-17(4)28(7,13-12-16(3)10-2)22-15-20(34-8)14-21-26(35-18(5)30)38-27(36-19(6)31)29(21,22)25(24)33/h10,12,14,17,20,22,24-27,33H,2,9,11,13,15H2,1,3-8H3/b16-12-/t17-,20-,22+,24-,25+,26-,27-,28-,29?/m0/s1. The van der Waals surface area contributed by atoms with Gasteiger partial charge in [-0.25, -0.2) is 0 Å². The Morgan fingerprint density at radius 3 is 2.39 bits per heavy atom. The fourth-order valence-electron chi connectivity index (χ4n) is 6.55. The molecule has 3 rings (SSSR count). The first kappa shape index (κ1) is 30.1. The third kappa shape index (κ3) is 5.20. The fraction of sp³-hybridized carbons (Fsp3) is 0.690. The minimum absolute atomic E-state index is 0.201. The first-order valence-electron chi connectivity index (χ1n) is 13.3. The Labute approximate surface area is 225 Å². The molecule has 1 saturated heterocycles. The van der Waals surface area contributed by atoms with Gasteiger partial charge in [0.15, 0.2) is 0 Å². The lowest BCUT2D eigenvalue weighted by Gasteiger charge is -2.62. The molecule has 2 fully saturated rings. The van der Waals surface area contributed by atoms with Crippen LogP contribution in [-0.4, -0.2) is 61.0 Å². The molecule has 0 bridgehead atoms. The Morgan fingerprint density at radius 2 is 1.84 bits per heavy atom. The highest BCUT2D eigenvalue weighted by molar-refractivity contribution is 5.70. The minimum Gasteiger partial charge on any atom is -0.459 e. The van der Waals surface area contributed by atoms with Crippen molar-refractivity contribution < 1.29 is 43.2 Å². The Balaban J connectivity index is 2.30. The summed E-state index contributed by atoms with van der Waals surface area (Å²) in [7, 11) is 1.59. The summed E-state index contributed by atoms with van der Waals surface area (Å²) in [5.41, 5.74) is -0.516. The number of hydrogen-bond donors (Lipinski definition) is 1. The van der Waals surface area contributed by atoms with Gasteiger partial charge in [0.25, 0.3) is 0 Å². The van der Waals surface area contributed by atoms with Crippen LogP contribution in [0.5, 0.6) is 0 Å². The Kier molecular flexibility index (Phi) is 9.27. The van der Waals surface area contributed by atoms with E-state index >= 15 is 0 Å². The summed E-state index contributed by atoms with van der Waals surface area (Å²) in [5.74, 6) is -2.30. The Morgan fingerprint density at radius 1 is 1.18 bits per heavy atom. The highest BCUT2D eigenvalue weighted by atomic mass is 16.8. The lowest BCUT2D eigenvalue weighted by Crippen LogP contribution is -2.68. The van der Waals surface area contributed by atoms with Crippen LogP contribution in [0.4, 0.5) is 0 Å².